The van der Waals surface area contributed by atoms with E-state index in [9.17, 15) is 4.79 Å². The van der Waals surface area contributed by atoms with Gasteiger partial charge in [0.25, 0.3) is 0 Å². The van der Waals surface area contributed by atoms with Crippen molar-refractivity contribution in [2.75, 3.05) is 12.3 Å². The highest BCUT2D eigenvalue weighted by atomic mass is 32.2. The van der Waals surface area contributed by atoms with Crippen LogP contribution in [0.4, 0.5) is 4.79 Å². The van der Waals surface area contributed by atoms with E-state index in [1.807, 2.05) is 30.3 Å². The number of thioether (sulfide) groups is 1. The maximum absolute atomic E-state index is 11.9. The van der Waals surface area contributed by atoms with Crippen LogP contribution in [-0.2, 0) is 6.42 Å². The van der Waals surface area contributed by atoms with Crippen molar-refractivity contribution in [2.45, 2.75) is 12.5 Å². The van der Waals surface area contributed by atoms with Crippen LogP contribution in [0, 0.1) is 0 Å². The Labute approximate surface area is 139 Å². The Morgan fingerprint density at radius 1 is 1.17 bits per heavy atom. The number of pyridine rings is 1. The Kier molecular flexibility index (Phi) is 5.26. The van der Waals surface area contributed by atoms with Gasteiger partial charge in [0.15, 0.2) is 5.17 Å². The number of carbonyl (C=O) groups excluding carboxylic acids is 1. The molecule has 2 aromatic rings. The maximum Gasteiger partial charge on any atom is 0.320 e. The average Bonchev–Trinajstić information content (AvgIpc) is 3.05. The van der Waals surface area contributed by atoms with Crippen molar-refractivity contribution in [3.05, 3.63) is 66.0 Å². The minimum absolute atomic E-state index is 0.0858. The fourth-order valence-corrected chi connectivity index (χ4v) is 3.25. The van der Waals surface area contributed by atoms with Gasteiger partial charge in [-0.3, -0.25) is 15.3 Å². The van der Waals surface area contributed by atoms with E-state index >= 15 is 0 Å². The number of carbonyl (C=O) groups is 1. The number of hydrogen-bond acceptors (Lipinski definition) is 4. The number of nitrogens with zero attached hydrogens (tertiary/aromatic N) is 2. The zero-order valence-electron chi connectivity index (χ0n) is 12.6. The van der Waals surface area contributed by atoms with Crippen molar-refractivity contribution < 1.29 is 4.79 Å². The van der Waals surface area contributed by atoms with Gasteiger partial charge in [0.2, 0.25) is 0 Å². The number of hydrogen-bond donors (Lipinski definition) is 2. The van der Waals surface area contributed by atoms with Crippen molar-refractivity contribution >= 4 is 23.0 Å². The van der Waals surface area contributed by atoms with Gasteiger partial charge < -0.3 is 5.32 Å². The van der Waals surface area contributed by atoms with Gasteiger partial charge in [0.1, 0.15) is 0 Å². The third-order valence-electron chi connectivity index (χ3n) is 3.50. The summed E-state index contributed by atoms with van der Waals surface area (Å²) in [5.41, 5.74) is 2.33. The minimum atomic E-state index is -0.206. The van der Waals surface area contributed by atoms with E-state index in [1.54, 1.807) is 24.2 Å². The molecule has 1 aliphatic rings. The van der Waals surface area contributed by atoms with Crippen molar-refractivity contribution in [3.63, 3.8) is 0 Å². The molecule has 0 bridgehead atoms. The summed E-state index contributed by atoms with van der Waals surface area (Å²) in [5.74, 6) is 0.837. The summed E-state index contributed by atoms with van der Waals surface area (Å²) < 4.78 is 0. The van der Waals surface area contributed by atoms with Gasteiger partial charge in [-0.15, -0.1) is 0 Å². The molecule has 1 unspecified atom stereocenters. The first-order valence-corrected chi connectivity index (χ1v) is 8.49. The first-order valence-electron chi connectivity index (χ1n) is 7.50. The number of benzene rings is 1. The SMILES string of the molecule is O=C(NCCc1ccccc1)NC1=NC(c2ccncc2)CS1. The van der Waals surface area contributed by atoms with E-state index in [-0.39, 0.29) is 12.1 Å². The van der Waals surface area contributed by atoms with Gasteiger partial charge in [0, 0.05) is 24.7 Å². The molecule has 0 saturated carbocycles. The molecule has 0 fully saturated rings. The largest absolute Gasteiger partial charge is 0.337 e. The van der Waals surface area contributed by atoms with Crippen LogP contribution in [0.15, 0.2) is 59.9 Å². The quantitative estimate of drug-likeness (QED) is 0.908. The normalized spacial score (nSPS) is 16.7. The molecule has 5 nitrogen and oxygen atoms in total. The number of aliphatic imine (C=N–C) groups is 1. The zero-order valence-corrected chi connectivity index (χ0v) is 13.4. The zero-order chi connectivity index (χ0) is 15.9. The van der Waals surface area contributed by atoms with Crippen molar-refractivity contribution in [1.82, 2.24) is 15.6 Å². The van der Waals surface area contributed by atoms with Crippen molar-refractivity contribution in [2.24, 2.45) is 4.99 Å². The molecule has 2 heterocycles. The molecule has 0 radical (unpaired) electrons. The lowest BCUT2D eigenvalue weighted by atomic mass is 10.1. The standard InChI is InChI=1S/C17H18N4OS/c22-16(19-11-6-13-4-2-1-3-5-13)21-17-20-15(12-23-17)14-7-9-18-10-8-14/h1-5,7-10,15H,6,11-12H2,(H2,19,20,21,22). The summed E-state index contributed by atoms with van der Waals surface area (Å²) in [7, 11) is 0. The first kappa shape index (κ1) is 15.6. The Morgan fingerprint density at radius 2 is 1.96 bits per heavy atom. The monoisotopic (exact) mass is 326 g/mol. The van der Waals surface area contributed by atoms with Crippen molar-refractivity contribution in [1.29, 1.82) is 0 Å². The molecule has 0 spiro atoms. The predicted molar refractivity (Wildman–Crippen MR) is 93.6 cm³/mol. The molecular formula is C17H18N4OS. The van der Waals surface area contributed by atoms with E-state index in [2.05, 4.69) is 32.7 Å². The Hall–Kier alpha value is -2.34. The smallest absolute Gasteiger partial charge is 0.320 e. The van der Waals surface area contributed by atoms with Crippen LogP contribution in [0.25, 0.3) is 0 Å². The highest BCUT2D eigenvalue weighted by molar-refractivity contribution is 8.14. The molecular weight excluding hydrogens is 308 g/mol. The lowest BCUT2D eigenvalue weighted by Crippen LogP contribution is -2.38. The Balaban J connectivity index is 1.45. The lowest BCUT2D eigenvalue weighted by Gasteiger charge is -2.06. The molecule has 3 rings (SSSR count). The Morgan fingerprint density at radius 3 is 2.74 bits per heavy atom. The van der Waals surface area contributed by atoms with E-state index in [1.165, 1.54) is 5.56 Å². The summed E-state index contributed by atoms with van der Waals surface area (Å²) in [6.45, 7) is 0.599. The number of aromatic nitrogens is 1. The lowest BCUT2D eigenvalue weighted by molar-refractivity contribution is 0.245. The van der Waals surface area contributed by atoms with E-state index in [0.717, 1.165) is 17.7 Å². The van der Waals surface area contributed by atoms with Gasteiger partial charge in [0.05, 0.1) is 6.04 Å². The van der Waals surface area contributed by atoms with Crippen LogP contribution in [0.2, 0.25) is 0 Å². The van der Waals surface area contributed by atoms with Gasteiger partial charge in [-0.05, 0) is 29.7 Å². The molecule has 1 aromatic heterocycles. The van der Waals surface area contributed by atoms with Crippen LogP contribution >= 0.6 is 11.8 Å². The summed E-state index contributed by atoms with van der Waals surface area (Å²) in [4.78, 5) is 20.5. The van der Waals surface area contributed by atoms with Gasteiger partial charge in [-0.25, -0.2) is 4.79 Å². The number of nitrogens with one attached hydrogen (secondary N) is 2. The molecule has 1 atom stereocenters. The third-order valence-corrected chi connectivity index (χ3v) is 4.47. The number of rotatable bonds is 4. The summed E-state index contributed by atoms with van der Waals surface area (Å²) in [6.07, 6.45) is 4.34. The summed E-state index contributed by atoms with van der Waals surface area (Å²) in [5, 5.41) is 6.34. The van der Waals surface area contributed by atoms with Crippen LogP contribution in [0.1, 0.15) is 17.2 Å². The predicted octanol–water partition coefficient (Wildman–Crippen LogP) is 2.77. The van der Waals surface area contributed by atoms with Crippen molar-refractivity contribution in [3.8, 4) is 0 Å². The number of amidine groups is 1. The van der Waals surface area contributed by atoms with Gasteiger partial charge in [-0.2, -0.15) is 0 Å². The second kappa shape index (κ2) is 7.78. The van der Waals surface area contributed by atoms with E-state index < -0.39 is 0 Å². The number of amides is 2. The van der Waals surface area contributed by atoms with Crippen LogP contribution in [-0.4, -0.2) is 28.5 Å². The molecule has 0 aliphatic carbocycles. The summed E-state index contributed by atoms with van der Waals surface area (Å²) in [6, 6.07) is 13.9. The molecule has 1 aromatic carbocycles. The average molecular weight is 326 g/mol. The molecule has 0 saturated heterocycles. The molecule has 1 aliphatic heterocycles. The molecule has 6 heteroatoms. The van der Waals surface area contributed by atoms with Gasteiger partial charge >= 0.3 is 6.03 Å². The maximum atomic E-state index is 11.9. The van der Waals surface area contributed by atoms with Crippen LogP contribution in [0.3, 0.4) is 0 Å². The molecule has 118 valence electrons. The highest BCUT2D eigenvalue weighted by Crippen LogP contribution is 2.28. The third kappa shape index (κ3) is 4.56. The topological polar surface area (TPSA) is 66.4 Å². The van der Waals surface area contributed by atoms with Crippen LogP contribution in [0.5, 0.6) is 0 Å². The second-order valence-corrected chi connectivity index (χ2v) is 6.17. The molecule has 2 N–H and O–H groups in total. The first-order chi connectivity index (χ1) is 11.3. The van der Waals surface area contributed by atoms with Crippen LogP contribution < -0.4 is 10.6 Å². The molecule has 23 heavy (non-hydrogen) atoms. The fraction of sp³-hybridized carbons (Fsp3) is 0.235. The highest BCUT2D eigenvalue weighted by Gasteiger charge is 2.21. The summed E-state index contributed by atoms with van der Waals surface area (Å²) >= 11 is 1.56. The Bertz CT molecular complexity index is 676. The minimum Gasteiger partial charge on any atom is -0.337 e. The van der Waals surface area contributed by atoms with Gasteiger partial charge in [-0.1, -0.05) is 42.1 Å². The second-order valence-electron chi connectivity index (χ2n) is 5.16. The van der Waals surface area contributed by atoms with E-state index in [4.69, 9.17) is 0 Å². The number of urea groups is 1. The van der Waals surface area contributed by atoms with E-state index in [0.29, 0.717) is 11.7 Å². The fourth-order valence-electron chi connectivity index (χ4n) is 2.31. The molecule has 2 amide bonds.